The summed E-state index contributed by atoms with van der Waals surface area (Å²) in [5, 5.41) is 15.0. The van der Waals surface area contributed by atoms with Crippen molar-refractivity contribution in [2.45, 2.75) is 96.6 Å². The fourth-order valence-electron chi connectivity index (χ4n) is 7.99. The van der Waals surface area contributed by atoms with Gasteiger partial charge in [-0.25, -0.2) is 9.59 Å². The second-order valence-corrected chi connectivity index (χ2v) is 16.8. The molecule has 0 saturated heterocycles. The molecule has 3 atom stereocenters. The van der Waals surface area contributed by atoms with Crippen LogP contribution in [0.25, 0.3) is 32.7 Å². The number of rotatable bonds is 11. The molecule has 64 heavy (non-hydrogen) atoms. The Morgan fingerprint density at radius 3 is 1.98 bits per heavy atom. The summed E-state index contributed by atoms with van der Waals surface area (Å²) in [6, 6.07) is 25.8. The highest BCUT2D eigenvalue weighted by atomic mass is 16.6. The minimum Gasteiger partial charge on any atom is -0.496 e. The second kappa shape index (κ2) is 21.5. The minimum absolute atomic E-state index is 0.00230. The third-order valence-electron chi connectivity index (χ3n) is 10.9. The van der Waals surface area contributed by atoms with Gasteiger partial charge in [0.15, 0.2) is 0 Å². The van der Waals surface area contributed by atoms with E-state index in [1.54, 1.807) is 35.0 Å². The Balaban J connectivity index is 1.44. The van der Waals surface area contributed by atoms with Gasteiger partial charge in [-0.05, 0) is 103 Å². The van der Waals surface area contributed by atoms with Crippen LogP contribution in [-0.4, -0.2) is 74.3 Å². The third kappa shape index (κ3) is 12.0. The van der Waals surface area contributed by atoms with E-state index in [9.17, 15) is 24.0 Å². The molecule has 3 unspecified atom stereocenters. The first kappa shape index (κ1) is 46.6. The molecule has 5 aromatic rings. The summed E-state index contributed by atoms with van der Waals surface area (Å²) in [4.78, 5) is 67.8. The number of hydrogen-bond acceptors (Lipinski definition) is 9. The normalized spacial score (nSPS) is 17.5. The Labute approximate surface area is 374 Å². The molecule has 0 aliphatic carbocycles. The first-order valence-corrected chi connectivity index (χ1v) is 21.6. The monoisotopic (exact) mass is 870 g/mol. The average Bonchev–Trinajstić information content (AvgIpc) is 3.26. The van der Waals surface area contributed by atoms with Gasteiger partial charge in [-0.1, -0.05) is 91.0 Å². The van der Waals surface area contributed by atoms with Crippen molar-refractivity contribution in [3.63, 3.8) is 0 Å². The van der Waals surface area contributed by atoms with Crippen LogP contribution in [0.2, 0.25) is 0 Å². The molecule has 4 amide bonds. The number of ether oxygens (including phenoxy) is 4. The lowest BCUT2D eigenvalue weighted by atomic mass is 9.87. The molecule has 4 N–H and O–H groups in total. The summed E-state index contributed by atoms with van der Waals surface area (Å²) in [6.45, 7) is 6.89. The Kier molecular flexibility index (Phi) is 15.6. The number of nitrogens with one attached hydrogen (secondary N) is 4. The maximum atomic E-state index is 14.5. The lowest BCUT2D eigenvalue weighted by Gasteiger charge is -2.26. The number of allylic oxidation sites excluding steroid dienone is 1. The van der Waals surface area contributed by atoms with E-state index in [-0.39, 0.29) is 32.4 Å². The molecule has 0 radical (unpaired) electrons. The van der Waals surface area contributed by atoms with Crippen LogP contribution < -0.4 is 30.7 Å². The quantitative estimate of drug-likeness (QED) is 0.0592. The number of alkyl carbamates (subject to hydrolysis) is 1. The maximum Gasteiger partial charge on any atom is 0.407 e. The Hall–Kier alpha value is -6.89. The molecule has 1 aliphatic rings. The first-order valence-electron chi connectivity index (χ1n) is 21.6. The highest BCUT2D eigenvalue weighted by Crippen LogP contribution is 2.48. The van der Waals surface area contributed by atoms with E-state index >= 15 is 0 Å². The van der Waals surface area contributed by atoms with E-state index in [0.29, 0.717) is 36.3 Å². The van der Waals surface area contributed by atoms with Crippen LogP contribution in [0.3, 0.4) is 0 Å². The molecular formula is C51H58N4O9. The van der Waals surface area contributed by atoms with Crippen LogP contribution in [0.5, 0.6) is 11.5 Å². The number of amides is 4. The lowest BCUT2D eigenvalue weighted by Crippen LogP contribution is -2.56. The van der Waals surface area contributed by atoms with Crippen LogP contribution in [0.15, 0.2) is 103 Å². The van der Waals surface area contributed by atoms with Crippen LogP contribution >= 0.6 is 0 Å². The minimum atomic E-state index is -1.15. The van der Waals surface area contributed by atoms with Gasteiger partial charge in [-0.3, -0.25) is 14.4 Å². The molecule has 0 spiro atoms. The second-order valence-electron chi connectivity index (χ2n) is 16.8. The van der Waals surface area contributed by atoms with Crippen molar-refractivity contribution in [1.82, 2.24) is 21.3 Å². The number of hydrogen-bond donors (Lipinski definition) is 4. The van der Waals surface area contributed by atoms with Crippen LogP contribution in [0, 0.1) is 0 Å². The largest absolute Gasteiger partial charge is 0.496 e. The zero-order chi connectivity index (χ0) is 45.8. The number of esters is 1. The SMILES string of the molecule is COc1c2cc3ccccc3c1-c1c(OC)c(cc3ccccc13)CC(NC(C)=O)C(=O)NC(CCCCNC(=O)OC(C)(C)C)C(=O)NC(C(=O)OCc1ccccc1)C/C=C/C2. The standard InChI is InChI=1S/C51H58N4O9/c1-32(56)53-42-30-37-29-35-21-11-14-24-39(35)44(46(37)62-6)43-38-23-13-10-20-34(38)28-36(45(43)61-5)22-12-15-26-41(49(59)63-31-33-18-8-7-9-19-33)55-47(57)40(54-48(42)58)25-16-17-27-52-50(60)64-51(2,3)4/h7-15,18-21,23-24,28-29,40-42H,16-17,22,25-27,30-31H2,1-6H3,(H,52,60)(H,53,56)(H,54,58)(H,55,57)/b15-12+. The van der Waals surface area contributed by atoms with E-state index in [2.05, 4.69) is 27.3 Å². The highest BCUT2D eigenvalue weighted by Gasteiger charge is 2.32. The third-order valence-corrected chi connectivity index (χ3v) is 10.9. The van der Waals surface area contributed by atoms with Crippen molar-refractivity contribution in [1.29, 1.82) is 0 Å². The summed E-state index contributed by atoms with van der Waals surface area (Å²) in [6.07, 6.45) is 4.69. The maximum absolute atomic E-state index is 14.5. The Bertz CT molecular complexity index is 2510. The fourth-order valence-corrected chi connectivity index (χ4v) is 7.99. The number of fused-ring (bicyclic) bond motifs is 9. The predicted molar refractivity (Wildman–Crippen MR) is 247 cm³/mol. The van der Waals surface area contributed by atoms with Gasteiger partial charge in [0.05, 0.1) is 14.2 Å². The van der Waals surface area contributed by atoms with Gasteiger partial charge in [0.25, 0.3) is 0 Å². The van der Waals surface area contributed by atoms with Gasteiger partial charge < -0.3 is 40.2 Å². The van der Waals surface area contributed by atoms with E-state index in [0.717, 1.165) is 43.8 Å². The summed E-state index contributed by atoms with van der Waals surface area (Å²) in [7, 11) is 3.21. The molecular weight excluding hydrogens is 813 g/mol. The lowest BCUT2D eigenvalue weighted by molar-refractivity contribution is -0.149. The van der Waals surface area contributed by atoms with Crippen LogP contribution in [0.1, 0.15) is 70.1 Å². The zero-order valence-corrected chi connectivity index (χ0v) is 37.4. The predicted octanol–water partition coefficient (Wildman–Crippen LogP) is 7.63. The number of unbranched alkanes of at least 4 members (excludes halogenated alkanes) is 1. The molecule has 1 aliphatic heterocycles. The smallest absolute Gasteiger partial charge is 0.407 e. The van der Waals surface area contributed by atoms with Crippen molar-refractivity contribution in [3.8, 4) is 22.6 Å². The summed E-state index contributed by atoms with van der Waals surface area (Å²) in [5.74, 6) is -1.21. The van der Waals surface area contributed by atoms with Crippen molar-refractivity contribution >= 4 is 51.3 Å². The molecule has 6 rings (SSSR count). The number of benzene rings is 5. The van der Waals surface area contributed by atoms with Gasteiger partial charge in [0, 0.05) is 31.0 Å². The first-order chi connectivity index (χ1) is 30.8. The summed E-state index contributed by atoms with van der Waals surface area (Å²) in [5.41, 5.74) is 3.18. The van der Waals surface area contributed by atoms with Crippen molar-refractivity contribution < 1.29 is 42.9 Å². The number of carbonyl (C=O) groups is 5. The van der Waals surface area contributed by atoms with Gasteiger partial charge in [-0.15, -0.1) is 0 Å². The van der Waals surface area contributed by atoms with Crippen molar-refractivity contribution in [2.24, 2.45) is 0 Å². The number of methoxy groups -OCH3 is 2. The number of carbonyl (C=O) groups excluding carboxylic acids is 5. The molecule has 4 bridgehead atoms. The topological polar surface area (TPSA) is 170 Å². The fraction of sp³-hybridized carbons (Fsp3) is 0.353. The van der Waals surface area contributed by atoms with Crippen molar-refractivity contribution in [2.75, 3.05) is 20.8 Å². The van der Waals surface area contributed by atoms with E-state index in [1.165, 1.54) is 6.92 Å². The molecule has 1 heterocycles. The molecule has 0 saturated carbocycles. The molecule has 336 valence electrons. The van der Waals surface area contributed by atoms with Gasteiger partial charge in [0.2, 0.25) is 17.7 Å². The molecule has 13 nitrogen and oxygen atoms in total. The molecule has 0 fully saturated rings. The van der Waals surface area contributed by atoms with Crippen LogP contribution in [-0.2, 0) is 48.1 Å². The van der Waals surface area contributed by atoms with Gasteiger partial charge in [-0.2, -0.15) is 0 Å². The van der Waals surface area contributed by atoms with E-state index in [4.69, 9.17) is 18.9 Å². The highest BCUT2D eigenvalue weighted by molar-refractivity contribution is 6.11. The Morgan fingerprint density at radius 2 is 1.36 bits per heavy atom. The zero-order valence-electron chi connectivity index (χ0n) is 37.4. The molecule has 5 aromatic carbocycles. The average molecular weight is 871 g/mol. The van der Waals surface area contributed by atoms with Gasteiger partial charge >= 0.3 is 12.1 Å². The summed E-state index contributed by atoms with van der Waals surface area (Å²) < 4.78 is 23.6. The molecule has 0 aromatic heterocycles. The Morgan fingerprint density at radius 1 is 0.750 bits per heavy atom. The van der Waals surface area contributed by atoms with Gasteiger partial charge in [0.1, 0.15) is 41.8 Å². The van der Waals surface area contributed by atoms with E-state index in [1.807, 2.05) is 97.1 Å². The van der Waals surface area contributed by atoms with Crippen LogP contribution in [0.4, 0.5) is 4.79 Å². The molecule has 13 heteroatoms. The summed E-state index contributed by atoms with van der Waals surface area (Å²) >= 11 is 0. The van der Waals surface area contributed by atoms with E-state index < -0.39 is 53.5 Å². The van der Waals surface area contributed by atoms with Crippen molar-refractivity contribution in [3.05, 3.63) is 120 Å².